The summed E-state index contributed by atoms with van der Waals surface area (Å²) in [5.74, 6) is -0.489. The van der Waals surface area contributed by atoms with Crippen molar-refractivity contribution in [3.8, 4) is 0 Å². The predicted molar refractivity (Wildman–Crippen MR) is 55.7 cm³/mol. The van der Waals surface area contributed by atoms with Crippen LogP contribution in [0.4, 0.5) is 0 Å². The van der Waals surface area contributed by atoms with Gasteiger partial charge in [0.1, 0.15) is 5.60 Å². The highest BCUT2D eigenvalue weighted by atomic mass is 16.8. The Morgan fingerprint density at radius 2 is 2.00 bits per heavy atom. The van der Waals surface area contributed by atoms with E-state index in [1.54, 1.807) is 6.92 Å². The summed E-state index contributed by atoms with van der Waals surface area (Å²) in [5, 5.41) is 10.3. The summed E-state index contributed by atoms with van der Waals surface area (Å²) in [7, 11) is 0. The molecule has 0 unspecified atom stereocenters. The Hall–Kier alpha value is -0.450. The summed E-state index contributed by atoms with van der Waals surface area (Å²) in [5.41, 5.74) is -1.23. The van der Waals surface area contributed by atoms with Crippen molar-refractivity contribution in [1.82, 2.24) is 0 Å². The van der Waals surface area contributed by atoms with Crippen molar-refractivity contribution in [2.45, 2.75) is 57.2 Å². The molecule has 4 nitrogen and oxygen atoms in total. The predicted octanol–water partition coefficient (Wildman–Crippen LogP) is 0.866. The standard InChI is InChI=1S/C12H18O4/c1-11(2)15-7-4-6-5-8(13)12(3,14)9(6)10(7)16-11/h6-7,9-10,14H,4-5H2,1-3H3/t6-,7+,9+,10+,12-/m1/s1. The summed E-state index contributed by atoms with van der Waals surface area (Å²) in [6.45, 7) is 5.38. The maximum absolute atomic E-state index is 11.7. The molecule has 2 saturated carbocycles. The lowest BCUT2D eigenvalue weighted by atomic mass is 9.87. The molecular weight excluding hydrogens is 208 g/mol. The Kier molecular flexibility index (Phi) is 1.91. The smallest absolute Gasteiger partial charge is 0.164 e. The minimum absolute atomic E-state index is 0.0459. The second kappa shape index (κ2) is 2.86. The average molecular weight is 226 g/mol. The largest absolute Gasteiger partial charge is 0.382 e. The van der Waals surface area contributed by atoms with Crippen LogP contribution in [0.2, 0.25) is 0 Å². The molecule has 0 aromatic rings. The lowest BCUT2D eigenvalue weighted by Crippen LogP contribution is -2.44. The zero-order chi connectivity index (χ0) is 11.7. The van der Waals surface area contributed by atoms with Gasteiger partial charge in [-0.2, -0.15) is 0 Å². The number of hydrogen-bond acceptors (Lipinski definition) is 4. The first-order valence-corrected chi connectivity index (χ1v) is 5.92. The number of aliphatic hydroxyl groups is 1. The molecule has 3 aliphatic rings. The van der Waals surface area contributed by atoms with E-state index < -0.39 is 11.4 Å². The number of carbonyl (C=O) groups excluding carboxylic acids is 1. The van der Waals surface area contributed by atoms with E-state index in [0.29, 0.717) is 6.42 Å². The molecule has 0 bridgehead atoms. The van der Waals surface area contributed by atoms with Gasteiger partial charge in [-0.3, -0.25) is 4.79 Å². The Labute approximate surface area is 94.9 Å². The number of rotatable bonds is 0. The molecule has 0 radical (unpaired) electrons. The second-order valence-electron chi connectivity index (χ2n) is 5.93. The van der Waals surface area contributed by atoms with Gasteiger partial charge >= 0.3 is 0 Å². The number of ether oxygens (including phenoxy) is 2. The second-order valence-corrected chi connectivity index (χ2v) is 5.93. The molecule has 0 aromatic heterocycles. The van der Waals surface area contributed by atoms with Crippen LogP contribution in [-0.4, -0.2) is 34.5 Å². The molecule has 16 heavy (non-hydrogen) atoms. The molecule has 0 spiro atoms. The van der Waals surface area contributed by atoms with Crippen molar-refractivity contribution in [3.05, 3.63) is 0 Å². The third-order valence-electron chi connectivity index (χ3n) is 4.28. The van der Waals surface area contributed by atoms with E-state index in [0.717, 1.165) is 6.42 Å². The molecule has 0 amide bonds. The van der Waals surface area contributed by atoms with E-state index in [2.05, 4.69) is 0 Å². The summed E-state index contributed by atoms with van der Waals surface area (Å²) in [6.07, 6.45) is 1.23. The van der Waals surface area contributed by atoms with Crippen LogP contribution in [0, 0.1) is 11.8 Å². The normalized spacial score (nSPS) is 54.1. The zero-order valence-electron chi connectivity index (χ0n) is 9.90. The van der Waals surface area contributed by atoms with Crippen molar-refractivity contribution in [1.29, 1.82) is 0 Å². The van der Waals surface area contributed by atoms with Gasteiger partial charge in [0, 0.05) is 12.3 Å². The Balaban J connectivity index is 1.91. The summed E-state index contributed by atoms with van der Waals surface area (Å²) in [6, 6.07) is 0. The summed E-state index contributed by atoms with van der Waals surface area (Å²) in [4.78, 5) is 11.7. The minimum Gasteiger partial charge on any atom is -0.382 e. The van der Waals surface area contributed by atoms with Gasteiger partial charge in [-0.05, 0) is 33.1 Å². The van der Waals surface area contributed by atoms with Crippen LogP contribution < -0.4 is 0 Å². The molecule has 5 atom stereocenters. The number of Topliss-reactive ketones (excluding diaryl/α,β-unsaturated/α-hetero) is 1. The Bertz CT molecular complexity index is 347. The fourth-order valence-corrected chi connectivity index (χ4v) is 3.68. The van der Waals surface area contributed by atoms with Crippen molar-refractivity contribution < 1.29 is 19.4 Å². The fraction of sp³-hybridized carbons (Fsp3) is 0.917. The van der Waals surface area contributed by atoms with Crippen molar-refractivity contribution >= 4 is 5.78 Å². The van der Waals surface area contributed by atoms with Gasteiger partial charge in [-0.25, -0.2) is 0 Å². The maximum atomic E-state index is 11.7. The third kappa shape index (κ3) is 1.24. The van der Waals surface area contributed by atoms with Gasteiger partial charge < -0.3 is 14.6 Å². The Morgan fingerprint density at radius 3 is 2.69 bits per heavy atom. The van der Waals surface area contributed by atoms with Gasteiger partial charge in [-0.1, -0.05) is 0 Å². The van der Waals surface area contributed by atoms with E-state index in [9.17, 15) is 9.90 Å². The molecule has 1 heterocycles. The molecule has 1 saturated heterocycles. The molecule has 2 aliphatic carbocycles. The van der Waals surface area contributed by atoms with Crippen LogP contribution in [0.15, 0.2) is 0 Å². The highest BCUT2D eigenvalue weighted by molar-refractivity contribution is 5.90. The summed E-state index contributed by atoms with van der Waals surface area (Å²) >= 11 is 0. The maximum Gasteiger partial charge on any atom is 0.164 e. The Morgan fingerprint density at radius 1 is 1.31 bits per heavy atom. The molecule has 3 rings (SSSR count). The van der Waals surface area contributed by atoms with Crippen LogP contribution in [0.3, 0.4) is 0 Å². The fourth-order valence-electron chi connectivity index (χ4n) is 3.68. The first kappa shape index (κ1) is 10.7. The average Bonchev–Trinajstić information content (AvgIpc) is 2.60. The van der Waals surface area contributed by atoms with Crippen LogP contribution in [-0.2, 0) is 14.3 Å². The first-order chi connectivity index (χ1) is 7.31. The van der Waals surface area contributed by atoms with Crippen LogP contribution in [0.5, 0.6) is 0 Å². The lowest BCUT2D eigenvalue weighted by Gasteiger charge is -2.29. The van der Waals surface area contributed by atoms with Crippen molar-refractivity contribution in [2.24, 2.45) is 11.8 Å². The number of fused-ring (bicyclic) bond motifs is 3. The van der Waals surface area contributed by atoms with Gasteiger partial charge in [0.05, 0.1) is 12.2 Å². The van der Waals surface area contributed by atoms with E-state index >= 15 is 0 Å². The monoisotopic (exact) mass is 226 g/mol. The molecule has 0 aromatic carbocycles. The van der Waals surface area contributed by atoms with Crippen molar-refractivity contribution in [2.75, 3.05) is 0 Å². The zero-order valence-corrected chi connectivity index (χ0v) is 9.90. The molecular formula is C12H18O4. The molecule has 90 valence electrons. The topological polar surface area (TPSA) is 55.8 Å². The first-order valence-electron chi connectivity index (χ1n) is 5.92. The van der Waals surface area contributed by atoms with Crippen LogP contribution >= 0.6 is 0 Å². The molecule has 3 fully saturated rings. The van der Waals surface area contributed by atoms with Crippen molar-refractivity contribution in [3.63, 3.8) is 0 Å². The SMILES string of the molecule is CC1(C)O[C@@H]2[C@@H]3[C@@H](CC(=O)[C@@]3(C)O)C[C@@H]2O1. The number of carbonyl (C=O) groups is 1. The lowest BCUT2D eigenvalue weighted by molar-refractivity contribution is -0.169. The van der Waals surface area contributed by atoms with E-state index in [1.165, 1.54) is 0 Å². The van der Waals surface area contributed by atoms with Gasteiger partial charge in [0.2, 0.25) is 0 Å². The quantitative estimate of drug-likeness (QED) is 0.665. The van der Waals surface area contributed by atoms with E-state index in [-0.39, 0.29) is 29.8 Å². The highest BCUT2D eigenvalue weighted by Crippen LogP contribution is 2.53. The summed E-state index contributed by atoms with van der Waals surface area (Å²) < 4.78 is 11.6. The van der Waals surface area contributed by atoms with Gasteiger partial charge in [0.25, 0.3) is 0 Å². The van der Waals surface area contributed by atoms with Crippen LogP contribution in [0.1, 0.15) is 33.6 Å². The highest BCUT2D eigenvalue weighted by Gasteiger charge is 2.64. The molecule has 4 heteroatoms. The number of hydrogen-bond donors (Lipinski definition) is 1. The van der Waals surface area contributed by atoms with Gasteiger partial charge in [0.15, 0.2) is 11.6 Å². The minimum atomic E-state index is -1.23. The third-order valence-corrected chi connectivity index (χ3v) is 4.28. The van der Waals surface area contributed by atoms with E-state index in [1.807, 2.05) is 13.8 Å². The van der Waals surface area contributed by atoms with Gasteiger partial charge in [-0.15, -0.1) is 0 Å². The van der Waals surface area contributed by atoms with E-state index in [4.69, 9.17) is 9.47 Å². The van der Waals surface area contributed by atoms with Crippen LogP contribution in [0.25, 0.3) is 0 Å². The molecule has 1 N–H and O–H groups in total. The molecule has 1 aliphatic heterocycles. The number of ketones is 1.